The summed E-state index contributed by atoms with van der Waals surface area (Å²) < 4.78 is 2.03. The van der Waals surface area contributed by atoms with Crippen molar-refractivity contribution in [1.82, 2.24) is 9.55 Å². The van der Waals surface area contributed by atoms with Gasteiger partial charge in [-0.1, -0.05) is 24.3 Å². The number of benzene rings is 2. The molecule has 23 heavy (non-hydrogen) atoms. The van der Waals surface area contributed by atoms with Gasteiger partial charge in [0.15, 0.2) is 0 Å². The first kappa shape index (κ1) is 14.4. The Morgan fingerprint density at radius 1 is 1.04 bits per heavy atom. The molecular formula is C19H19N3S. The standard InChI is InChI=1S/C19H19N3S/c1-2-5-19-18(4-1)21(11-3-13-23-19)14-16-6-8-17(9-7-16)22-12-10-20-15-22/h1-2,4-10,12,15H,3,11,13-14H2. The van der Waals surface area contributed by atoms with Gasteiger partial charge in [-0.2, -0.15) is 0 Å². The molecule has 0 saturated heterocycles. The number of para-hydroxylation sites is 1. The average Bonchev–Trinajstić information content (AvgIpc) is 3.06. The summed E-state index contributed by atoms with van der Waals surface area (Å²) in [5, 5.41) is 0. The van der Waals surface area contributed by atoms with E-state index in [9.17, 15) is 0 Å². The molecule has 2 heterocycles. The van der Waals surface area contributed by atoms with Crippen molar-refractivity contribution in [1.29, 1.82) is 0 Å². The predicted molar refractivity (Wildman–Crippen MR) is 96.4 cm³/mol. The van der Waals surface area contributed by atoms with Gasteiger partial charge in [0, 0.05) is 36.1 Å². The van der Waals surface area contributed by atoms with Crippen molar-refractivity contribution in [3.05, 3.63) is 72.8 Å². The Bertz CT molecular complexity index is 766. The molecule has 0 saturated carbocycles. The van der Waals surface area contributed by atoms with Crippen LogP contribution in [0.2, 0.25) is 0 Å². The summed E-state index contributed by atoms with van der Waals surface area (Å²) in [6, 6.07) is 17.5. The zero-order valence-corrected chi connectivity index (χ0v) is 13.7. The van der Waals surface area contributed by atoms with Crippen LogP contribution in [0.25, 0.3) is 5.69 Å². The summed E-state index contributed by atoms with van der Waals surface area (Å²) in [5.41, 5.74) is 3.86. The van der Waals surface area contributed by atoms with Crippen molar-refractivity contribution in [3.63, 3.8) is 0 Å². The highest BCUT2D eigenvalue weighted by Crippen LogP contribution is 2.34. The van der Waals surface area contributed by atoms with Gasteiger partial charge in [0.05, 0.1) is 12.0 Å². The Morgan fingerprint density at radius 3 is 2.74 bits per heavy atom. The quantitative estimate of drug-likeness (QED) is 0.714. The van der Waals surface area contributed by atoms with Crippen LogP contribution in [0, 0.1) is 0 Å². The van der Waals surface area contributed by atoms with Crippen LogP contribution in [0.3, 0.4) is 0 Å². The van der Waals surface area contributed by atoms with Gasteiger partial charge in [-0.25, -0.2) is 4.98 Å². The number of anilines is 1. The topological polar surface area (TPSA) is 21.1 Å². The maximum absolute atomic E-state index is 4.10. The van der Waals surface area contributed by atoms with E-state index < -0.39 is 0 Å². The molecule has 0 aliphatic carbocycles. The monoisotopic (exact) mass is 321 g/mol. The molecule has 0 unspecified atom stereocenters. The minimum absolute atomic E-state index is 0.960. The number of hydrogen-bond donors (Lipinski definition) is 0. The molecule has 1 aromatic heterocycles. The first-order chi connectivity index (χ1) is 11.4. The fourth-order valence-corrected chi connectivity index (χ4v) is 3.98. The van der Waals surface area contributed by atoms with Crippen LogP contribution in [-0.4, -0.2) is 21.8 Å². The second-order valence-corrected chi connectivity index (χ2v) is 6.86. The first-order valence-corrected chi connectivity index (χ1v) is 8.93. The van der Waals surface area contributed by atoms with E-state index in [1.54, 1.807) is 6.20 Å². The maximum atomic E-state index is 4.10. The molecule has 2 aromatic carbocycles. The summed E-state index contributed by atoms with van der Waals surface area (Å²) in [4.78, 5) is 8.01. The highest BCUT2D eigenvalue weighted by Gasteiger charge is 2.15. The molecule has 0 atom stereocenters. The van der Waals surface area contributed by atoms with Crippen molar-refractivity contribution in [2.75, 3.05) is 17.2 Å². The van der Waals surface area contributed by atoms with Crippen LogP contribution in [0.5, 0.6) is 0 Å². The second-order valence-electron chi connectivity index (χ2n) is 5.73. The lowest BCUT2D eigenvalue weighted by atomic mass is 10.1. The number of aromatic nitrogens is 2. The summed E-state index contributed by atoms with van der Waals surface area (Å²) >= 11 is 1.97. The molecule has 0 N–H and O–H groups in total. The molecule has 0 amide bonds. The molecule has 0 bridgehead atoms. The molecule has 0 spiro atoms. The third-order valence-electron chi connectivity index (χ3n) is 4.15. The zero-order valence-electron chi connectivity index (χ0n) is 12.9. The highest BCUT2D eigenvalue weighted by atomic mass is 32.2. The number of fused-ring (bicyclic) bond motifs is 1. The highest BCUT2D eigenvalue weighted by molar-refractivity contribution is 7.99. The average molecular weight is 321 g/mol. The smallest absolute Gasteiger partial charge is 0.0991 e. The molecule has 4 rings (SSSR count). The van der Waals surface area contributed by atoms with Gasteiger partial charge in [-0.3, -0.25) is 0 Å². The van der Waals surface area contributed by atoms with E-state index in [0.717, 1.165) is 18.8 Å². The van der Waals surface area contributed by atoms with Crippen LogP contribution < -0.4 is 4.90 Å². The summed E-state index contributed by atoms with van der Waals surface area (Å²) in [6.07, 6.45) is 6.83. The first-order valence-electron chi connectivity index (χ1n) is 7.94. The Balaban J connectivity index is 1.56. The van der Waals surface area contributed by atoms with Crippen molar-refractivity contribution < 1.29 is 0 Å². The number of nitrogens with zero attached hydrogens (tertiary/aromatic N) is 3. The van der Waals surface area contributed by atoms with Crippen molar-refractivity contribution in [3.8, 4) is 5.69 Å². The minimum Gasteiger partial charge on any atom is -0.366 e. The molecule has 3 aromatic rings. The molecule has 0 radical (unpaired) electrons. The normalized spacial score (nSPS) is 14.3. The summed E-state index contributed by atoms with van der Waals surface area (Å²) in [5.74, 6) is 1.20. The van der Waals surface area contributed by atoms with Crippen LogP contribution >= 0.6 is 11.8 Å². The van der Waals surface area contributed by atoms with Gasteiger partial charge < -0.3 is 9.47 Å². The minimum atomic E-state index is 0.960. The van der Waals surface area contributed by atoms with Gasteiger partial charge in [0.2, 0.25) is 0 Å². The van der Waals surface area contributed by atoms with Crippen LogP contribution in [0.4, 0.5) is 5.69 Å². The van der Waals surface area contributed by atoms with E-state index in [4.69, 9.17) is 0 Å². The molecular weight excluding hydrogens is 302 g/mol. The second kappa shape index (κ2) is 6.50. The summed E-state index contributed by atoms with van der Waals surface area (Å²) in [7, 11) is 0. The van der Waals surface area contributed by atoms with Gasteiger partial charge in [-0.05, 0) is 42.0 Å². The number of rotatable bonds is 3. The Labute approximate surface area is 141 Å². The Kier molecular flexibility index (Phi) is 4.07. The lowest BCUT2D eigenvalue weighted by Gasteiger charge is -2.24. The van der Waals surface area contributed by atoms with Crippen LogP contribution in [0.1, 0.15) is 12.0 Å². The third kappa shape index (κ3) is 3.13. The third-order valence-corrected chi connectivity index (χ3v) is 5.30. The van der Waals surface area contributed by atoms with E-state index in [-0.39, 0.29) is 0 Å². The summed E-state index contributed by atoms with van der Waals surface area (Å²) in [6.45, 7) is 2.08. The Hall–Kier alpha value is -2.20. The van der Waals surface area contributed by atoms with E-state index in [1.807, 2.05) is 28.9 Å². The van der Waals surface area contributed by atoms with E-state index in [2.05, 4.69) is 58.4 Å². The number of imidazole rings is 1. The fourth-order valence-electron chi connectivity index (χ4n) is 2.97. The van der Waals surface area contributed by atoms with Crippen molar-refractivity contribution >= 4 is 17.4 Å². The molecule has 116 valence electrons. The van der Waals surface area contributed by atoms with Crippen molar-refractivity contribution in [2.45, 2.75) is 17.9 Å². The lowest BCUT2D eigenvalue weighted by molar-refractivity contribution is 0.772. The predicted octanol–water partition coefficient (Wildman–Crippen LogP) is 4.37. The lowest BCUT2D eigenvalue weighted by Crippen LogP contribution is -2.23. The Morgan fingerprint density at radius 2 is 1.91 bits per heavy atom. The van der Waals surface area contributed by atoms with Gasteiger partial charge in [0.1, 0.15) is 0 Å². The van der Waals surface area contributed by atoms with E-state index in [0.29, 0.717) is 0 Å². The fraction of sp³-hybridized carbons (Fsp3) is 0.211. The van der Waals surface area contributed by atoms with E-state index >= 15 is 0 Å². The SMILES string of the molecule is c1ccc2c(c1)SCCCN2Cc1ccc(-n2ccnc2)cc1. The van der Waals surface area contributed by atoms with Gasteiger partial charge in [-0.15, -0.1) is 11.8 Å². The van der Waals surface area contributed by atoms with Gasteiger partial charge >= 0.3 is 0 Å². The molecule has 3 nitrogen and oxygen atoms in total. The van der Waals surface area contributed by atoms with Gasteiger partial charge in [0.25, 0.3) is 0 Å². The van der Waals surface area contributed by atoms with E-state index in [1.165, 1.54) is 28.3 Å². The number of thioether (sulfide) groups is 1. The molecule has 1 aliphatic rings. The largest absolute Gasteiger partial charge is 0.366 e. The van der Waals surface area contributed by atoms with Crippen LogP contribution in [-0.2, 0) is 6.54 Å². The molecule has 0 fully saturated rings. The zero-order chi connectivity index (χ0) is 15.5. The molecule has 1 aliphatic heterocycles. The van der Waals surface area contributed by atoms with Crippen LogP contribution in [0.15, 0.2) is 72.1 Å². The number of hydrogen-bond acceptors (Lipinski definition) is 3. The maximum Gasteiger partial charge on any atom is 0.0991 e. The molecule has 4 heteroatoms. The van der Waals surface area contributed by atoms with Crippen molar-refractivity contribution in [2.24, 2.45) is 0 Å².